The minimum atomic E-state index is 0.660. The fourth-order valence-electron chi connectivity index (χ4n) is 2.18. The topological polar surface area (TPSA) is 14.2 Å². The molecule has 2 nitrogen and oxygen atoms in total. The van der Waals surface area contributed by atoms with E-state index in [0.717, 1.165) is 19.4 Å². The highest BCUT2D eigenvalue weighted by Gasteiger charge is 2.06. The number of hydrogen-bond acceptors (Lipinski definition) is 1. The molecule has 0 aliphatic carbocycles. The molecule has 0 spiro atoms. The van der Waals surface area contributed by atoms with E-state index in [1.807, 2.05) is 0 Å². The summed E-state index contributed by atoms with van der Waals surface area (Å²) in [7, 11) is 0. The molecule has 0 N–H and O–H groups in total. The van der Waals surface area contributed by atoms with Crippen molar-refractivity contribution in [3.63, 3.8) is 0 Å². The molecule has 92 valence electrons. The first kappa shape index (κ1) is 12.2. The monoisotopic (exact) mass is 231 g/mol. The SMILES string of the molecule is CCCOCn1cc(CC)c2cc(C)ccc21. The van der Waals surface area contributed by atoms with E-state index in [9.17, 15) is 0 Å². The Morgan fingerprint density at radius 2 is 2.06 bits per heavy atom. The van der Waals surface area contributed by atoms with Crippen LogP contribution >= 0.6 is 0 Å². The van der Waals surface area contributed by atoms with E-state index in [0.29, 0.717) is 6.73 Å². The standard InChI is InChI=1S/C15H21NO/c1-4-8-17-11-16-10-13(5-2)14-9-12(3)6-7-15(14)16/h6-7,9-10H,4-5,8,11H2,1-3H3. The molecule has 0 amide bonds. The van der Waals surface area contributed by atoms with Crippen LogP contribution in [0.25, 0.3) is 10.9 Å². The van der Waals surface area contributed by atoms with Crippen LogP contribution in [0.3, 0.4) is 0 Å². The van der Waals surface area contributed by atoms with Gasteiger partial charge in [0.25, 0.3) is 0 Å². The Hall–Kier alpha value is -1.28. The second-order valence-electron chi connectivity index (χ2n) is 4.54. The minimum Gasteiger partial charge on any atom is -0.361 e. The zero-order chi connectivity index (χ0) is 12.3. The van der Waals surface area contributed by atoms with E-state index in [-0.39, 0.29) is 0 Å². The van der Waals surface area contributed by atoms with E-state index >= 15 is 0 Å². The van der Waals surface area contributed by atoms with Crippen LogP contribution < -0.4 is 0 Å². The summed E-state index contributed by atoms with van der Waals surface area (Å²) in [5, 5.41) is 1.37. The molecule has 0 saturated carbocycles. The number of hydrogen-bond donors (Lipinski definition) is 0. The number of rotatable bonds is 5. The predicted molar refractivity (Wildman–Crippen MR) is 72.3 cm³/mol. The molecule has 0 bridgehead atoms. The van der Waals surface area contributed by atoms with Crippen molar-refractivity contribution in [1.82, 2.24) is 4.57 Å². The molecule has 1 aromatic carbocycles. The number of ether oxygens (including phenoxy) is 1. The third-order valence-corrected chi connectivity index (χ3v) is 3.08. The van der Waals surface area contributed by atoms with Gasteiger partial charge in [0.15, 0.2) is 0 Å². The molecule has 0 atom stereocenters. The summed E-state index contributed by atoms with van der Waals surface area (Å²) in [5.74, 6) is 0. The highest BCUT2D eigenvalue weighted by Crippen LogP contribution is 2.23. The van der Waals surface area contributed by atoms with Crippen molar-refractivity contribution in [2.75, 3.05) is 6.61 Å². The molecular formula is C15H21NO. The van der Waals surface area contributed by atoms with Gasteiger partial charge >= 0.3 is 0 Å². The van der Waals surface area contributed by atoms with Gasteiger partial charge in [-0.2, -0.15) is 0 Å². The molecule has 2 heteroatoms. The van der Waals surface area contributed by atoms with Gasteiger partial charge in [-0.25, -0.2) is 0 Å². The van der Waals surface area contributed by atoms with Crippen LogP contribution in [-0.2, 0) is 17.9 Å². The van der Waals surface area contributed by atoms with E-state index in [1.165, 1.54) is 22.0 Å². The van der Waals surface area contributed by atoms with Crippen LogP contribution in [-0.4, -0.2) is 11.2 Å². The number of benzene rings is 1. The Kier molecular flexibility index (Phi) is 3.85. The van der Waals surface area contributed by atoms with Gasteiger partial charge in [-0.05, 0) is 37.5 Å². The third-order valence-electron chi connectivity index (χ3n) is 3.08. The average Bonchev–Trinajstić information content (AvgIpc) is 2.67. The summed E-state index contributed by atoms with van der Waals surface area (Å²) >= 11 is 0. The van der Waals surface area contributed by atoms with Gasteiger partial charge in [-0.1, -0.05) is 25.5 Å². The summed E-state index contributed by atoms with van der Waals surface area (Å²) in [5.41, 5.74) is 4.01. The van der Waals surface area contributed by atoms with Crippen molar-refractivity contribution in [3.8, 4) is 0 Å². The molecule has 1 aromatic heterocycles. The summed E-state index contributed by atoms with van der Waals surface area (Å²) in [6.45, 7) is 7.97. The second-order valence-corrected chi connectivity index (χ2v) is 4.54. The maximum atomic E-state index is 5.63. The highest BCUT2D eigenvalue weighted by atomic mass is 16.5. The van der Waals surface area contributed by atoms with Gasteiger partial charge in [0.1, 0.15) is 6.73 Å². The third kappa shape index (κ3) is 2.52. The Bertz CT molecular complexity index is 499. The van der Waals surface area contributed by atoms with Crippen molar-refractivity contribution < 1.29 is 4.74 Å². The lowest BCUT2D eigenvalue weighted by Gasteiger charge is -2.05. The summed E-state index contributed by atoms with van der Waals surface area (Å²) in [6, 6.07) is 6.63. The van der Waals surface area contributed by atoms with Crippen molar-refractivity contribution in [3.05, 3.63) is 35.5 Å². The van der Waals surface area contributed by atoms with Gasteiger partial charge in [0, 0.05) is 18.2 Å². The summed E-state index contributed by atoms with van der Waals surface area (Å²) in [6.07, 6.45) is 4.36. The number of aryl methyl sites for hydroxylation is 2. The molecule has 0 aliphatic rings. The Morgan fingerprint density at radius 3 is 2.76 bits per heavy atom. The van der Waals surface area contributed by atoms with Gasteiger partial charge in [0.05, 0.1) is 5.52 Å². The van der Waals surface area contributed by atoms with E-state index in [1.54, 1.807) is 0 Å². The van der Waals surface area contributed by atoms with Crippen LogP contribution in [0.4, 0.5) is 0 Å². The maximum absolute atomic E-state index is 5.63. The Balaban J connectivity index is 2.35. The van der Waals surface area contributed by atoms with Gasteiger partial charge in [-0.15, -0.1) is 0 Å². The van der Waals surface area contributed by atoms with Crippen LogP contribution in [0.2, 0.25) is 0 Å². The largest absolute Gasteiger partial charge is 0.361 e. The Labute approximate surface area is 103 Å². The van der Waals surface area contributed by atoms with Crippen LogP contribution in [0.1, 0.15) is 31.4 Å². The lowest BCUT2D eigenvalue weighted by molar-refractivity contribution is 0.0803. The predicted octanol–water partition coefficient (Wildman–Crippen LogP) is 3.90. The molecule has 0 aliphatic heterocycles. The first-order valence-electron chi connectivity index (χ1n) is 6.42. The molecule has 17 heavy (non-hydrogen) atoms. The first-order valence-corrected chi connectivity index (χ1v) is 6.42. The van der Waals surface area contributed by atoms with Crippen molar-refractivity contribution in [1.29, 1.82) is 0 Å². The molecule has 0 fully saturated rings. The normalized spacial score (nSPS) is 11.2. The summed E-state index contributed by atoms with van der Waals surface area (Å²) < 4.78 is 7.84. The molecule has 2 rings (SSSR count). The summed E-state index contributed by atoms with van der Waals surface area (Å²) in [4.78, 5) is 0. The van der Waals surface area contributed by atoms with Gasteiger partial charge in [-0.3, -0.25) is 0 Å². The van der Waals surface area contributed by atoms with Crippen LogP contribution in [0.15, 0.2) is 24.4 Å². The smallest absolute Gasteiger partial charge is 0.122 e. The highest BCUT2D eigenvalue weighted by molar-refractivity contribution is 5.84. The maximum Gasteiger partial charge on any atom is 0.122 e. The quantitative estimate of drug-likeness (QED) is 0.712. The molecular weight excluding hydrogens is 210 g/mol. The minimum absolute atomic E-state index is 0.660. The lowest BCUT2D eigenvalue weighted by atomic mass is 10.1. The van der Waals surface area contributed by atoms with Crippen LogP contribution in [0, 0.1) is 6.92 Å². The van der Waals surface area contributed by atoms with E-state index in [2.05, 4.69) is 49.7 Å². The fraction of sp³-hybridized carbons (Fsp3) is 0.467. The molecule has 0 saturated heterocycles. The van der Waals surface area contributed by atoms with Gasteiger partial charge < -0.3 is 9.30 Å². The second kappa shape index (κ2) is 5.37. The number of fused-ring (bicyclic) bond motifs is 1. The first-order chi connectivity index (χ1) is 8.26. The fourth-order valence-corrected chi connectivity index (χ4v) is 2.18. The molecule has 0 radical (unpaired) electrons. The van der Waals surface area contributed by atoms with E-state index in [4.69, 9.17) is 4.74 Å². The number of nitrogens with zero attached hydrogens (tertiary/aromatic N) is 1. The average molecular weight is 231 g/mol. The van der Waals surface area contributed by atoms with Gasteiger partial charge in [0.2, 0.25) is 0 Å². The van der Waals surface area contributed by atoms with Crippen molar-refractivity contribution >= 4 is 10.9 Å². The van der Waals surface area contributed by atoms with Crippen molar-refractivity contribution in [2.24, 2.45) is 0 Å². The van der Waals surface area contributed by atoms with Crippen molar-refractivity contribution in [2.45, 2.75) is 40.3 Å². The number of aromatic nitrogens is 1. The van der Waals surface area contributed by atoms with Crippen LogP contribution in [0.5, 0.6) is 0 Å². The van der Waals surface area contributed by atoms with E-state index < -0.39 is 0 Å². The Morgan fingerprint density at radius 1 is 1.24 bits per heavy atom. The molecule has 2 aromatic rings. The molecule has 1 heterocycles. The zero-order valence-corrected chi connectivity index (χ0v) is 11.0. The lowest BCUT2D eigenvalue weighted by Crippen LogP contribution is -2.01. The molecule has 0 unspecified atom stereocenters. The zero-order valence-electron chi connectivity index (χ0n) is 11.0.